The molecule has 206 valence electrons. The molecule has 11 heteroatoms. The van der Waals surface area contributed by atoms with Crippen molar-refractivity contribution in [1.29, 1.82) is 0 Å². The van der Waals surface area contributed by atoms with Gasteiger partial charge in [0.2, 0.25) is 0 Å². The van der Waals surface area contributed by atoms with Crippen molar-refractivity contribution in [3.05, 3.63) is 105 Å². The Balaban J connectivity index is 0.00000260. The summed E-state index contributed by atoms with van der Waals surface area (Å²) >= 11 is 12.1. The molecule has 3 aromatic rings. The minimum atomic E-state index is -2.76. The number of carbonyl (C=O) groups excluding carboxylic acids is 3. The molecule has 6 nitrogen and oxygen atoms in total. The highest BCUT2D eigenvalue weighted by Crippen LogP contribution is 2.30. The van der Waals surface area contributed by atoms with Crippen molar-refractivity contribution in [3.8, 4) is 0 Å². The van der Waals surface area contributed by atoms with Crippen molar-refractivity contribution >= 4 is 46.6 Å². The van der Waals surface area contributed by atoms with Gasteiger partial charge in [-0.2, -0.15) is 0 Å². The average Bonchev–Trinajstić information content (AvgIpc) is 2.91. The first-order valence-corrected chi connectivity index (χ1v) is 12.2. The molecule has 0 aromatic heterocycles. The number of carboxylic acids is 1. The minimum absolute atomic E-state index is 0.0363. The zero-order valence-electron chi connectivity index (χ0n) is 20.6. The van der Waals surface area contributed by atoms with Gasteiger partial charge in [0, 0.05) is 45.3 Å². The van der Waals surface area contributed by atoms with Crippen LogP contribution >= 0.6 is 23.2 Å². The van der Waals surface area contributed by atoms with Gasteiger partial charge in [0.1, 0.15) is 0 Å². The molecule has 0 spiro atoms. The number of amides is 1. The molecule has 0 bridgehead atoms. The van der Waals surface area contributed by atoms with Crippen molar-refractivity contribution in [2.75, 3.05) is 13.7 Å². The van der Waals surface area contributed by atoms with Gasteiger partial charge in [-0.05, 0) is 42.0 Å². The van der Waals surface area contributed by atoms with Crippen LogP contribution in [0.4, 0.5) is 13.2 Å². The van der Waals surface area contributed by atoms with Crippen molar-refractivity contribution in [2.24, 2.45) is 0 Å². The summed E-state index contributed by atoms with van der Waals surface area (Å²) in [5.41, 5.74) is 0.513. The summed E-state index contributed by atoms with van der Waals surface area (Å²) in [7, 11) is 0.500. The Morgan fingerprint density at radius 1 is 0.821 bits per heavy atom. The van der Waals surface area contributed by atoms with E-state index in [4.69, 9.17) is 28.3 Å². The van der Waals surface area contributed by atoms with E-state index in [0.717, 1.165) is 6.07 Å². The second-order valence-electron chi connectivity index (χ2n) is 8.15. The molecule has 0 saturated carbocycles. The van der Waals surface area contributed by atoms with E-state index >= 15 is 0 Å². The lowest BCUT2D eigenvalue weighted by atomic mass is 9.85. The topological polar surface area (TPSA) is 101 Å². The normalized spacial score (nSPS) is 11.3. The number of aliphatic carboxylic acids is 1. The van der Waals surface area contributed by atoms with E-state index in [1.807, 2.05) is 0 Å². The molecule has 3 rings (SSSR count). The van der Waals surface area contributed by atoms with Crippen LogP contribution in [-0.4, -0.2) is 42.3 Å². The van der Waals surface area contributed by atoms with Gasteiger partial charge in [0.05, 0.1) is 19.5 Å². The molecule has 0 aliphatic carbocycles. The van der Waals surface area contributed by atoms with E-state index in [0.29, 0.717) is 12.7 Å². The van der Waals surface area contributed by atoms with E-state index in [1.54, 1.807) is 0 Å². The Morgan fingerprint density at radius 2 is 1.44 bits per heavy atom. The summed E-state index contributed by atoms with van der Waals surface area (Å²) in [6.45, 7) is -0.0568. The summed E-state index contributed by atoms with van der Waals surface area (Å²) in [6, 6.07) is 15.2. The number of nitrogens with one attached hydrogen (secondary N) is 1. The molecule has 3 aromatic carbocycles. The van der Waals surface area contributed by atoms with Crippen molar-refractivity contribution in [2.45, 2.75) is 25.2 Å². The van der Waals surface area contributed by atoms with E-state index < -0.39 is 35.8 Å². The molecule has 0 aliphatic rings. The molecule has 0 saturated heterocycles. The monoisotopic (exact) mass is 581 g/mol. The van der Waals surface area contributed by atoms with E-state index in [-0.39, 0.29) is 51.7 Å². The summed E-state index contributed by atoms with van der Waals surface area (Å²) in [4.78, 5) is 49.5. The fraction of sp³-hybridized carbons (Fsp3) is 0.214. The van der Waals surface area contributed by atoms with Crippen LogP contribution in [0.1, 0.15) is 67.4 Å². The summed E-state index contributed by atoms with van der Waals surface area (Å²) < 4.78 is 35.8. The van der Waals surface area contributed by atoms with Crippen molar-refractivity contribution in [3.63, 3.8) is 0 Å². The second kappa shape index (κ2) is 15.0. The number of carboxylic acid groups (broad SMARTS) is 1. The summed E-state index contributed by atoms with van der Waals surface area (Å²) in [5.74, 6) is -3.58. The zero-order chi connectivity index (χ0) is 29.1. The third kappa shape index (κ3) is 9.23. The van der Waals surface area contributed by atoms with Crippen molar-refractivity contribution in [1.82, 2.24) is 5.32 Å². The van der Waals surface area contributed by atoms with E-state index in [2.05, 4.69) is 5.32 Å². The summed E-state index contributed by atoms with van der Waals surface area (Å²) in [6.07, 6.45) is -3.33. The molecule has 1 amide bonds. The fourth-order valence-electron chi connectivity index (χ4n) is 3.66. The van der Waals surface area contributed by atoms with E-state index in [1.165, 1.54) is 60.7 Å². The van der Waals surface area contributed by atoms with Gasteiger partial charge in [-0.15, -0.1) is 0 Å². The number of hydrogen-bond donors (Lipinski definition) is 2. The molecule has 0 radical (unpaired) electrons. The highest BCUT2D eigenvalue weighted by molar-refractivity contribution is 6.35. The Labute approximate surface area is 232 Å². The number of hydrogen-bond acceptors (Lipinski definition) is 4. The second-order valence-corrected chi connectivity index (χ2v) is 9.02. The number of alkyl halides is 3. The maximum absolute atomic E-state index is 13.5. The number of halogens is 5. The standard InChI is InChI=1S/C27H21Cl2F2NO5.CH3F/c28-20-11-19(12-21(29)13-20)25(36)22(14-23(33)17-2-1-3-18(10-17)26(30)31)15-4-6-16(7-5-15)27(37)32-9-8-24(34)35;1-2/h1-7,10-13,22,26H,8-9,14H2,(H,32,37)(H,34,35);1H3. The lowest BCUT2D eigenvalue weighted by Gasteiger charge is -2.17. The fourth-order valence-corrected chi connectivity index (χ4v) is 4.19. The molecule has 2 N–H and O–H groups in total. The molecular formula is C28H24Cl2F3NO5. The molecule has 1 unspecified atom stereocenters. The SMILES string of the molecule is CF.O=C(O)CCNC(=O)c1ccc(C(CC(=O)c2cccc(C(F)F)c2)C(=O)c2cc(Cl)cc(Cl)c2)cc1. The molecule has 0 fully saturated rings. The van der Waals surface area contributed by atoms with Crippen LogP contribution in [0.2, 0.25) is 10.0 Å². The molecule has 0 aliphatic heterocycles. The largest absolute Gasteiger partial charge is 0.481 e. The van der Waals surface area contributed by atoms with Crippen LogP contribution < -0.4 is 5.32 Å². The first kappa shape index (κ1) is 31.5. The lowest BCUT2D eigenvalue weighted by molar-refractivity contribution is -0.136. The first-order chi connectivity index (χ1) is 18.5. The summed E-state index contributed by atoms with van der Waals surface area (Å²) in [5, 5.41) is 11.6. The molecular weight excluding hydrogens is 558 g/mol. The maximum atomic E-state index is 13.5. The predicted octanol–water partition coefficient (Wildman–Crippen LogP) is 6.96. The minimum Gasteiger partial charge on any atom is -0.481 e. The zero-order valence-corrected chi connectivity index (χ0v) is 22.1. The lowest BCUT2D eigenvalue weighted by Crippen LogP contribution is -2.26. The molecule has 0 heterocycles. The van der Waals surface area contributed by atoms with Crippen LogP contribution in [0, 0.1) is 0 Å². The van der Waals surface area contributed by atoms with Gasteiger partial charge in [0.25, 0.3) is 12.3 Å². The van der Waals surface area contributed by atoms with Crippen LogP contribution in [0.15, 0.2) is 66.7 Å². The van der Waals surface area contributed by atoms with Crippen LogP contribution in [0.5, 0.6) is 0 Å². The van der Waals surface area contributed by atoms with Crippen LogP contribution in [-0.2, 0) is 4.79 Å². The smallest absolute Gasteiger partial charge is 0.305 e. The maximum Gasteiger partial charge on any atom is 0.305 e. The van der Waals surface area contributed by atoms with Gasteiger partial charge in [-0.3, -0.25) is 23.6 Å². The number of benzene rings is 3. The van der Waals surface area contributed by atoms with Gasteiger partial charge >= 0.3 is 5.97 Å². The number of Topliss-reactive ketones (excluding diaryl/α,β-unsaturated/α-hetero) is 2. The first-order valence-electron chi connectivity index (χ1n) is 11.4. The highest BCUT2D eigenvalue weighted by atomic mass is 35.5. The van der Waals surface area contributed by atoms with Gasteiger partial charge in [-0.1, -0.05) is 53.5 Å². The van der Waals surface area contributed by atoms with Crippen molar-refractivity contribution < 1.29 is 37.5 Å². The third-order valence-corrected chi connectivity index (χ3v) is 5.95. The highest BCUT2D eigenvalue weighted by Gasteiger charge is 2.27. The molecule has 1 atom stereocenters. The Hall–Kier alpha value is -3.69. The van der Waals surface area contributed by atoms with E-state index in [9.17, 15) is 32.3 Å². The van der Waals surface area contributed by atoms with Gasteiger partial charge in [0.15, 0.2) is 11.6 Å². The van der Waals surface area contributed by atoms with Crippen LogP contribution in [0.25, 0.3) is 0 Å². The quantitative estimate of drug-likeness (QED) is 0.238. The number of rotatable bonds is 11. The predicted molar refractivity (Wildman–Crippen MR) is 142 cm³/mol. The average molecular weight is 582 g/mol. The number of ketones is 2. The Kier molecular flexibility index (Phi) is 12.2. The Bertz CT molecular complexity index is 1310. The van der Waals surface area contributed by atoms with Gasteiger partial charge < -0.3 is 10.4 Å². The number of carbonyl (C=O) groups is 4. The molecule has 39 heavy (non-hydrogen) atoms. The third-order valence-electron chi connectivity index (χ3n) is 5.51. The van der Waals surface area contributed by atoms with Crippen LogP contribution in [0.3, 0.4) is 0 Å². The van der Waals surface area contributed by atoms with Gasteiger partial charge in [-0.25, -0.2) is 8.78 Å². The Morgan fingerprint density at radius 3 is 2.00 bits per heavy atom.